The van der Waals surface area contributed by atoms with Crippen LogP contribution in [0, 0.1) is 0 Å². The highest BCUT2D eigenvalue weighted by Crippen LogP contribution is 2.08. The number of carbonyl (C=O) groups is 1. The maximum absolute atomic E-state index is 12.0. The molecule has 0 radical (unpaired) electrons. The first kappa shape index (κ1) is 15.3. The van der Waals surface area contributed by atoms with E-state index < -0.39 is 0 Å². The highest BCUT2D eigenvalue weighted by molar-refractivity contribution is 5.94. The molecule has 21 heavy (non-hydrogen) atoms. The summed E-state index contributed by atoms with van der Waals surface area (Å²) >= 11 is 0. The minimum Gasteiger partial charge on any atom is -0.352 e. The zero-order chi connectivity index (χ0) is 14.9. The molecule has 0 fully saturated rings. The average Bonchev–Trinajstić information content (AvgIpc) is 3.03. The van der Waals surface area contributed by atoms with Crippen LogP contribution >= 0.6 is 0 Å². The van der Waals surface area contributed by atoms with Crippen LogP contribution in [0.2, 0.25) is 0 Å². The van der Waals surface area contributed by atoms with E-state index >= 15 is 0 Å². The highest BCUT2D eigenvalue weighted by Gasteiger charge is 2.04. The first-order chi connectivity index (χ1) is 10.3. The zero-order valence-corrected chi connectivity index (χ0v) is 12.6. The van der Waals surface area contributed by atoms with Gasteiger partial charge in [0.25, 0.3) is 5.91 Å². The van der Waals surface area contributed by atoms with Crippen molar-refractivity contribution >= 4 is 5.91 Å². The van der Waals surface area contributed by atoms with Crippen molar-refractivity contribution in [2.45, 2.75) is 39.0 Å². The number of unbranched alkanes of at least 4 members (excludes halogenated alkanes) is 1. The van der Waals surface area contributed by atoms with Crippen molar-refractivity contribution in [3.63, 3.8) is 0 Å². The molecule has 0 unspecified atom stereocenters. The molecule has 0 spiro atoms. The predicted octanol–water partition coefficient (Wildman–Crippen LogP) is 3.11. The predicted molar refractivity (Wildman–Crippen MR) is 84.3 cm³/mol. The summed E-state index contributed by atoms with van der Waals surface area (Å²) in [5, 5.41) is 2.94. The van der Waals surface area contributed by atoms with Crippen molar-refractivity contribution < 1.29 is 4.79 Å². The van der Waals surface area contributed by atoms with E-state index in [9.17, 15) is 4.79 Å². The Morgan fingerprint density at radius 1 is 1.19 bits per heavy atom. The van der Waals surface area contributed by atoms with Gasteiger partial charge in [-0.05, 0) is 37.0 Å². The van der Waals surface area contributed by atoms with Crippen LogP contribution in [0.1, 0.15) is 47.9 Å². The molecule has 4 heteroatoms. The Morgan fingerprint density at radius 2 is 2.00 bits per heavy atom. The van der Waals surface area contributed by atoms with Crippen molar-refractivity contribution in [2.75, 3.05) is 6.54 Å². The van der Waals surface area contributed by atoms with Crippen LogP contribution in [0.25, 0.3) is 0 Å². The van der Waals surface area contributed by atoms with E-state index in [0.29, 0.717) is 6.54 Å². The van der Waals surface area contributed by atoms with E-state index in [1.54, 1.807) is 6.20 Å². The van der Waals surface area contributed by atoms with Gasteiger partial charge in [0.05, 0.1) is 0 Å². The number of nitrogens with one attached hydrogen (secondary N) is 2. The highest BCUT2D eigenvalue weighted by atomic mass is 16.1. The molecule has 1 aromatic carbocycles. The lowest BCUT2D eigenvalue weighted by Crippen LogP contribution is -2.24. The van der Waals surface area contributed by atoms with Gasteiger partial charge >= 0.3 is 0 Å². The van der Waals surface area contributed by atoms with Crippen LogP contribution in [0.5, 0.6) is 0 Å². The maximum Gasteiger partial charge on any atom is 0.251 e. The molecular formula is C17H23N3O. The zero-order valence-electron chi connectivity index (χ0n) is 12.6. The molecule has 0 aliphatic rings. The van der Waals surface area contributed by atoms with Crippen molar-refractivity contribution in [2.24, 2.45) is 0 Å². The summed E-state index contributed by atoms with van der Waals surface area (Å²) in [7, 11) is 0. The largest absolute Gasteiger partial charge is 0.352 e. The van der Waals surface area contributed by atoms with Gasteiger partial charge in [0, 0.05) is 30.9 Å². The number of aromatic nitrogens is 2. The maximum atomic E-state index is 12.0. The smallest absolute Gasteiger partial charge is 0.251 e. The number of hydrogen-bond acceptors (Lipinski definition) is 2. The molecule has 2 aromatic rings. The number of hydrogen-bond donors (Lipinski definition) is 2. The SMILES string of the molecule is CCCCc1ccc(C(=O)NCCCc2ncc[nH]2)cc1. The molecule has 0 aliphatic heterocycles. The van der Waals surface area contributed by atoms with Crippen molar-refractivity contribution in [3.8, 4) is 0 Å². The Kier molecular flexibility index (Phi) is 6.00. The standard InChI is InChI=1S/C17H23N3O/c1-2-3-5-14-7-9-15(10-8-14)17(21)20-11-4-6-16-18-12-13-19-16/h7-10,12-13H,2-6,11H2,1H3,(H,18,19)(H,20,21). The Labute approximate surface area is 126 Å². The third-order valence-electron chi connectivity index (χ3n) is 3.47. The van der Waals surface area contributed by atoms with Gasteiger partial charge in [-0.3, -0.25) is 4.79 Å². The van der Waals surface area contributed by atoms with E-state index in [-0.39, 0.29) is 5.91 Å². The number of aromatic amines is 1. The van der Waals surface area contributed by atoms with Gasteiger partial charge in [0.15, 0.2) is 0 Å². The van der Waals surface area contributed by atoms with Crippen LogP contribution in [0.4, 0.5) is 0 Å². The van der Waals surface area contributed by atoms with E-state index in [0.717, 1.165) is 30.7 Å². The van der Waals surface area contributed by atoms with Crippen molar-refractivity contribution in [3.05, 3.63) is 53.6 Å². The molecule has 1 amide bonds. The van der Waals surface area contributed by atoms with Crippen LogP contribution in [0.3, 0.4) is 0 Å². The van der Waals surface area contributed by atoms with Gasteiger partial charge in [-0.15, -0.1) is 0 Å². The van der Waals surface area contributed by atoms with Gasteiger partial charge < -0.3 is 10.3 Å². The lowest BCUT2D eigenvalue weighted by molar-refractivity contribution is 0.0953. The lowest BCUT2D eigenvalue weighted by atomic mass is 10.1. The molecule has 4 nitrogen and oxygen atoms in total. The van der Waals surface area contributed by atoms with Gasteiger partial charge in [-0.1, -0.05) is 25.5 Å². The molecule has 2 N–H and O–H groups in total. The summed E-state index contributed by atoms with van der Waals surface area (Å²) in [5.74, 6) is 0.959. The Morgan fingerprint density at radius 3 is 2.67 bits per heavy atom. The molecule has 1 heterocycles. The van der Waals surface area contributed by atoms with Crippen LogP contribution in [0.15, 0.2) is 36.7 Å². The summed E-state index contributed by atoms with van der Waals surface area (Å²) in [6.45, 7) is 2.85. The number of aryl methyl sites for hydroxylation is 2. The molecule has 0 saturated heterocycles. The van der Waals surface area contributed by atoms with E-state index in [1.165, 1.54) is 18.4 Å². The van der Waals surface area contributed by atoms with Crippen molar-refractivity contribution in [1.82, 2.24) is 15.3 Å². The van der Waals surface area contributed by atoms with Gasteiger partial charge in [-0.25, -0.2) is 4.98 Å². The Hall–Kier alpha value is -2.10. The minimum atomic E-state index is -0.00325. The van der Waals surface area contributed by atoms with Gasteiger partial charge in [0.2, 0.25) is 0 Å². The quantitative estimate of drug-likeness (QED) is 0.732. The van der Waals surface area contributed by atoms with Gasteiger partial charge in [-0.2, -0.15) is 0 Å². The number of imidazole rings is 1. The number of carbonyl (C=O) groups excluding carboxylic acids is 1. The molecule has 1 aromatic heterocycles. The molecule has 0 bridgehead atoms. The monoisotopic (exact) mass is 285 g/mol. The van der Waals surface area contributed by atoms with E-state index in [2.05, 4.69) is 22.2 Å². The van der Waals surface area contributed by atoms with Gasteiger partial charge in [0.1, 0.15) is 5.82 Å². The van der Waals surface area contributed by atoms with Crippen molar-refractivity contribution in [1.29, 1.82) is 0 Å². The summed E-state index contributed by atoms with van der Waals surface area (Å²) in [4.78, 5) is 19.2. The molecule has 112 valence electrons. The molecule has 0 aliphatic carbocycles. The second kappa shape index (κ2) is 8.25. The van der Waals surface area contributed by atoms with E-state index in [1.807, 2.05) is 30.5 Å². The summed E-state index contributed by atoms with van der Waals surface area (Å²) in [6, 6.07) is 7.92. The molecular weight excluding hydrogens is 262 g/mol. The fourth-order valence-electron chi connectivity index (χ4n) is 2.20. The fourth-order valence-corrected chi connectivity index (χ4v) is 2.20. The number of amides is 1. The molecule has 0 atom stereocenters. The molecule has 2 rings (SSSR count). The Bertz CT molecular complexity index is 532. The second-order valence-electron chi connectivity index (χ2n) is 5.20. The number of benzene rings is 1. The normalized spacial score (nSPS) is 10.5. The minimum absolute atomic E-state index is 0.00325. The third kappa shape index (κ3) is 5.06. The summed E-state index contributed by atoms with van der Waals surface area (Å²) in [6.07, 6.45) is 8.76. The number of H-pyrrole nitrogens is 1. The van der Waals surface area contributed by atoms with Crippen LogP contribution < -0.4 is 5.32 Å². The first-order valence-corrected chi connectivity index (χ1v) is 7.65. The average molecular weight is 285 g/mol. The third-order valence-corrected chi connectivity index (χ3v) is 3.47. The topological polar surface area (TPSA) is 57.8 Å². The Balaban J connectivity index is 1.72. The lowest BCUT2D eigenvalue weighted by Gasteiger charge is -2.06. The number of rotatable bonds is 8. The van der Waals surface area contributed by atoms with Crippen LogP contribution in [-0.2, 0) is 12.8 Å². The fraction of sp³-hybridized carbons (Fsp3) is 0.412. The van der Waals surface area contributed by atoms with E-state index in [4.69, 9.17) is 0 Å². The second-order valence-corrected chi connectivity index (χ2v) is 5.20. The van der Waals surface area contributed by atoms with Crippen LogP contribution in [-0.4, -0.2) is 22.4 Å². The summed E-state index contributed by atoms with van der Waals surface area (Å²) in [5.41, 5.74) is 2.03. The molecule has 0 saturated carbocycles. The summed E-state index contributed by atoms with van der Waals surface area (Å²) < 4.78 is 0. The number of nitrogens with zero attached hydrogens (tertiary/aromatic N) is 1. The first-order valence-electron chi connectivity index (χ1n) is 7.65.